The summed E-state index contributed by atoms with van der Waals surface area (Å²) in [7, 11) is 0. The molecule has 0 spiro atoms. The van der Waals surface area contributed by atoms with Gasteiger partial charge in [-0.05, 0) is 25.3 Å². The Bertz CT molecular complexity index is 348. The van der Waals surface area contributed by atoms with Gasteiger partial charge < -0.3 is 20.7 Å². The van der Waals surface area contributed by atoms with E-state index < -0.39 is 0 Å². The van der Waals surface area contributed by atoms with E-state index in [9.17, 15) is 9.59 Å². The summed E-state index contributed by atoms with van der Waals surface area (Å²) < 4.78 is 5.20. The highest BCUT2D eigenvalue weighted by Crippen LogP contribution is 2.24. The lowest BCUT2D eigenvalue weighted by Gasteiger charge is -2.27. The lowest BCUT2D eigenvalue weighted by Crippen LogP contribution is -2.42. The van der Waals surface area contributed by atoms with Crippen molar-refractivity contribution in [3.63, 3.8) is 0 Å². The topological polar surface area (TPSA) is 84.7 Å². The Morgan fingerprint density at radius 3 is 2.57 bits per heavy atom. The number of amides is 2. The van der Waals surface area contributed by atoms with E-state index in [1.165, 1.54) is 0 Å². The lowest BCUT2D eigenvalue weighted by atomic mass is 10.0. The maximum absolute atomic E-state index is 11.9. The number of halogens is 1. The molecule has 2 fully saturated rings. The van der Waals surface area contributed by atoms with Crippen LogP contribution in [-0.2, 0) is 14.3 Å². The number of nitrogens with one attached hydrogen (secondary N) is 1. The number of nitrogens with two attached hydrogens (primary N) is 1. The summed E-state index contributed by atoms with van der Waals surface area (Å²) in [4.78, 5) is 25.6. The van der Waals surface area contributed by atoms with Crippen molar-refractivity contribution in [1.29, 1.82) is 0 Å². The summed E-state index contributed by atoms with van der Waals surface area (Å²) in [5, 5.41) is 3.02. The van der Waals surface area contributed by atoms with E-state index in [4.69, 9.17) is 10.5 Å². The molecule has 21 heavy (non-hydrogen) atoms. The standard InChI is InChI=1S/C14H25N3O3.ClH/c15-10-11-2-1-3-12(11)16-13(18)4-5-14(19)17-6-8-20-9-7-17;/h11-12H,1-10,15H2,(H,16,18);1H. The molecule has 2 unspecified atom stereocenters. The second-order valence-corrected chi connectivity index (χ2v) is 5.59. The van der Waals surface area contributed by atoms with Crippen molar-refractivity contribution < 1.29 is 14.3 Å². The molecule has 0 radical (unpaired) electrons. The molecule has 1 saturated heterocycles. The van der Waals surface area contributed by atoms with Crippen LogP contribution in [0.4, 0.5) is 0 Å². The third-order valence-corrected chi connectivity index (χ3v) is 4.24. The van der Waals surface area contributed by atoms with Crippen molar-refractivity contribution in [3.05, 3.63) is 0 Å². The first kappa shape index (κ1) is 18.2. The third-order valence-electron chi connectivity index (χ3n) is 4.24. The molecule has 122 valence electrons. The molecule has 0 aromatic carbocycles. The number of ether oxygens (including phenoxy) is 1. The molecular weight excluding hydrogens is 294 g/mol. The maximum Gasteiger partial charge on any atom is 0.223 e. The zero-order valence-electron chi connectivity index (χ0n) is 12.4. The SMILES string of the molecule is Cl.NCC1CCCC1NC(=O)CCC(=O)N1CCOCC1. The van der Waals surface area contributed by atoms with Crippen LogP contribution in [0.25, 0.3) is 0 Å². The van der Waals surface area contributed by atoms with Crippen LogP contribution in [0.5, 0.6) is 0 Å². The highest BCUT2D eigenvalue weighted by atomic mass is 35.5. The van der Waals surface area contributed by atoms with Crippen molar-refractivity contribution in [2.75, 3.05) is 32.8 Å². The van der Waals surface area contributed by atoms with Crippen molar-refractivity contribution in [1.82, 2.24) is 10.2 Å². The van der Waals surface area contributed by atoms with E-state index >= 15 is 0 Å². The van der Waals surface area contributed by atoms with Gasteiger partial charge in [0, 0.05) is 32.0 Å². The van der Waals surface area contributed by atoms with Crippen molar-refractivity contribution in [2.45, 2.75) is 38.1 Å². The Labute approximate surface area is 132 Å². The Hall–Kier alpha value is -0.850. The van der Waals surface area contributed by atoms with E-state index in [1.54, 1.807) is 4.90 Å². The van der Waals surface area contributed by atoms with Gasteiger partial charge in [0.1, 0.15) is 0 Å². The van der Waals surface area contributed by atoms with Gasteiger partial charge in [-0.1, -0.05) is 6.42 Å². The minimum Gasteiger partial charge on any atom is -0.378 e. The van der Waals surface area contributed by atoms with Crippen LogP contribution in [0.3, 0.4) is 0 Å². The number of morpholine rings is 1. The minimum atomic E-state index is -0.0306. The zero-order valence-corrected chi connectivity index (χ0v) is 13.2. The second-order valence-electron chi connectivity index (χ2n) is 5.59. The second kappa shape index (κ2) is 9.23. The fourth-order valence-electron chi connectivity index (χ4n) is 2.98. The smallest absolute Gasteiger partial charge is 0.223 e. The monoisotopic (exact) mass is 319 g/mol. The number of carbonyl (C=O) groups excluding carboxylic acids is 2. The average Bonchev–Trinajstić information content (AvgIpc) is 2.92. The number of nitrogens with zero attached hydrogens (tertiary/aromatic N) is 1. The average molecular weight is 320 g/mol. The molecular formula is C14H26ClN3O3. The van der Waals surface area contributed by atoms with Crippen LogP contribution < -0.4 is 11.1 Å². The van der Waals surface area contributed by atoms with Crippen molar-refractivity contribution in [3.8, 4) is 0 Å². The first-order valence-electron chi connectivity index (χ1n) is 7.55. The summed E-state index contributed by atoms with van der Waals surface area (Å²) in [5.74, 6) is 0.413. The highest BCUT2D eigenvalue weighted by Gasteiger charge is 2.27. The van der Waals surface area contributed by atoms with Crippen LogP contribution in [0.1, 0.15) is 32.1 Å². The van der Waals surface area contributed by atoms with Crippen LogP contribution >= 0.6 is 12.4 Å². The van der Waals surface area contributed by atoms with Gasteiger partial charge in [0.05, 0.1) is 13.2 Å². The van der Waals surface area contributed by atoms with E-state index in [1.807, 2.05) is 0 Å². The molecule has 2 rings (SSSR count). The van der Waals surface area contributed by atoms with Gasteiger partial charge >= 0.3 is 0 Å². The predicted octanol–water partition coefficient (Wildman–Crippen LogP) is 0.291. The fourth-order valence-corrected chi connectivity index (χ4v) is 2.98. The van der Waals surface area contributed by atoms with Crippen LogP contribution in [0, 0.1) is 5.92 Å². The summed E-state index contributed by atoms with van der Waals surface area (Å²) in [5.41, 5.74) is 5.70. The number of carbonyl (C=O) groups is 2. The normalized spacial score (nSPS) is 25.3. The van der Waals surface area contributed by atoms with Gasteiger partial charge in [0.2, 0.25) is 11.8 Å². The number of rotatable bonds is 5. The molecule has 1 aliphatic carbocycles. The molecule has 2 aliphatic rings. The van der Waals surface area contributed by atoms with E-state index in [2.05, 4.69) is 5.32 Å². The van der Waals surface area contributed by atoms with Crippen LogP contribution in [0.15, 0.2) is 0 Å². The van der Waals surface area contributed by atoms with E-state index in [0.717, 1.165) is 19.3 Å². The lowest BCUT2D eigenvalue weighted by molar-refractivity contribution is -0.137. The summed E-state index contributed by atoms with van der Waals surface area (Å²) >= 11 is 0. The maximum atomic E-state index is 11.9. The molecule has 0 bridgehead atoms. The van der Waals surface area contributed by atoms with Gasteiger partial charge in [-0.3, -0.25) is 9.59 Å². The first-order valence-corrected chi connectivity index (χ1v) is 7.55. The molecule has 7 heteroatoms. The molecule has 0 aromatic rings. The van der Waals surface area contributed by atoms with Gasteiger partial charge in [-0.15, -0.1) is 12.4 Å². The molecule has 1 aliphatic heterocycles. The minimum absolute atomic E-state index is 0. The van der Waals surface area contributed by atoms with Crippen molar-refractivity contribution >= 4 is 24.2 Å². The molecule has 6 nitrogen and oxygen atoms in total. The first-order chi connectivity index (χ1) is 9.70. The fraction of sp³-hybridized carbons (Fsp3) is 0.857. The van der Waals surface area contributed by atoms with Gasteiger partial charge in [0.25, 0.3) is 0 Å². The van der Waals surface area contributed by atoms with E-state index in [0.29, 0.717) is 38.8 Å². The van der Waals surface area contributed by atoms with Gasteiger partial charge in [-0.25, -0.2) is 0 Å². The molecule has 0 aromatic heterocycles. The largest absolute Gasteiger partial charge is 0.378 e. The van der Waals surface area contributed by atoms with Crippen LogP contribution in [0.2, 0.25) is 0 Å². The van der Waals surface area contributed by atoms with E-state index in [-0.39, 0.29) is 43.1 Å². The van der Waals surface area contributed by atoms with Crippen molar-refractivity contribution in [2.24, 2.45) is 11.7 Å². The third kappa shape index (κ3) is 5.45. The number of hydrogen-bond donors (Lipinski definition) is 2. The predicted molar refractivity (Wildman–Crippen MR) is 82.2 cm³/mol. The number of hydrogen-bond acceptors (Lipinski definition) is 4. The zero-order chi connectivity index (χ0) is 14.4. The molecule has 2 amide bonds. The Balaban J connectivity index is 0.00000220. The van der Waals surface area contributed by atoms with Gasteiger partial charge in [-0.2, -0.15) is 0 Å². The Morgan fingerprint density at radius 1 is 1.19 bits per heavy atom. The Morgan fingerprint density at radius 2 is 1.90 bits per heavy atom. The quantitative estimate of drug-likeness (QED) is 0.763. The Kier molecular flexibility index (Phi) is 8.00. The summed E-state index contributed by atoms with van der Waals surface area (Å²) in [6.45, 7) is 3.09. The van der Waals surface area contributed by atoms with Crippen LogP contribution in [-0.4, -0.2) is 55.6 Å². The highest BCUT2D eigenvalue weighted by molar-refractivity contribution is 5.85. The molecule has 1 heterocycles. The molecule has 3 N–H and O–H groups in total. The summed E-state index contributed by atoms with van der Waals surface area (Å²) in [6.07, 6.45) is 3.77. The molecule has 1 saturated carbocycles. The summed E-state index contributed by atoms with van der Waals surface area (Å²) in [6, 6.07) is 0.200. The van der Waals surface area contributed by atoms with Gasteiger partial charge in [0.15, 0.2) is 0 Å². The molecule has 2 atom stereocenters.